The average molecular weight is 294 g/mol. The molecule has 2 heterocycles. The molecule has 3 N–H and O–H groups in total. The number of halogens is 1. The van der Waals surface area contributed by atoms with Crippen molar-refractivity contribution in [2.24, 2.45) is 5.92 Å². The maximum Gasteiger partial charge on any atom is 0.354 e. The minimum atomic E-state index is -1.04. The van der Waals surface area contributed by atoms with Crippen LogP contribution in [0.5, 0.6) is 0 Å². The van der Waals surface area contributed by atoms with E-state index >= 15 is 0 Å². The Balaban J connectivity index is 1.84. The number of fused-ring (bicyclic) bond motifs is 1. The molecule has 0 spiro atoms. The lowest BCUT2D eigenvalue weighted by molar-refractivity contribution is 0.0691. The highest BCUT2D eigenvalue weighted by atomic mass is 35.5. The van der Waals surface area contributed by atoms with Crippen molar-refractivity contribution in [2.75, 3.05) is 6.54 Å². The van der Waals surface area contributed by atoms with E-state index in [1.54, 1.807) is 12.3 Å². The van der Waals surface area contributed by atoms with Gasteiger partial charge in [0.05, 0.1) is 10.5 Å². The summed E-state index contributed by atoms with van der Waals surface area (Å²) in [6.45, 7) is 1.59. The zero-order valence-electron chi connectivity index (χ0n) is 10.9. The number of aromatic carboxylic acids is 1. The number of nitrogens with zero attached hydrogens (tertiary/aromatic N) is 1. The predicted molar refractivity (Wildman–Crippen MR) is 77.1 cm³/mol. The molecule has 20 heavy (non-hydrogen) atoms. The van der Waals surface area contributed by atoms with Gasteiger partial charge in [0.15, 0.2) is 0 Å². The lowest BCUT2D eigenvalue weighted by Crippen LogP contribution is -2.27. The predicted octanol–water partition coefficient (Wildman–Crippen LogP) is 2.80. The fraction of sp³-hybridized carbons (Fsp3) is 0.429. The van der Waals surface area contributed by atoms with E-state index < -0.39 is 5.97 Å². The first kappa shape index (κ1) is 13.4. The van der Waals surface area contributed by atoms with E-state index in [0.29, 0.717) is 17.1 Å². The van der Waals surface area contributed by atoms with E-state index in [1.165, 1.54) is 19.3 Å². The molecule has 2 aromatic rings. The molecule has 6 heteroatoms. The van der Waals surface area contributed by atoms with E-state index in [0.717, 1.165) is 23.5 Å². The summed E-state index contributed by atoms with van der Waals surface area (Å²) in [6.07, 6.45) is 5.53. The minimum absolute atomic E-state index is 0.0273. The number of hydrogen-bond acceptors (Lipinski definition) is 3. The maximum absolute atomic E-state index is 11.1. The fourth-order valence-electron chi connectivity index (χ4n) is 2.49. The molecule has 1 aliphatic carbocycles. The number of aromatic nitrogens is 2. The molecule has 5 nitrogen and oxygen atoms in total. The Morgan fingerprint density at radius 2 is 2.35 bits per heavy atom. The molecule has 0 radical (unpaired) electrons. The molecule has 1 fully saturated rings. The summed E-state index contributed by atoms with van der Waals surface area (Å²) >= 11 is 6.03. The highest BCUT2D eigenvalue weighted by Crippen LogP contribution is 2.26. The Hall–Kier alpha value is -1.59. The van der Waals surface area contributed by atoms with Crippen molar-refractivity contribution in [3.05, 3.63) is 28.5 Å². The monoisotopic (exact) mass is 293 g/mol. The van der Waals surface area contributed by atoms with Crippen molar-refractivity contribution in [1.82, 2.24) is 15.3 Å². The molecular formula is C14H16ClN3O2. The Labute approximate surface area is 121 Å². The topological polar surface area (TPSA) is 78.0 Å². The quantitative estimate of drug-likeness (QED) is 0.792. The Kier molecular flexibility index (Phi) is 3.63. The van der Waals surface area contributed by atoms with Gasteiger partial charge < -0.3 is 15.4 Å². The number of aromatic amines is 1. The van der Waals surface area contributed by atoms with Gasteiger partial charge in [-0.05, 0) is 36.9 Å². The molecule has 0 saturated heterocycles. The number of pyridine rings is 1. The fourth-order valence-corrected chi connectivity index (χ4v) is 2.68. The van der Waals surface area contributed by atoms with Crippen molar-refractivity contribution in [2.45, 2.75) is 25.8 Å². The smallest absolute Gasteiger partial charge is 0.354 e. The van der Waals surface area contributed by atoms with Gasteiger partial charge in [-0.25, -0.2) is 9.78 Å². The summed E-state index contributed by atoms with van der Waals surface area (Å²) in [6, 6.07) is 1.60. The Bertz CT molecular complexity index is 649. The van der Waals surface area contributed by atoms with Gasteiger partial charge in [0.1, 0.15) is 11.2 Å². The van der Waals surface area contributed by atoms with Crippen molar-refractivity contribution in [1.29, 1.82) is 0 Å². The third kappa shape index (κ3) is 2.51. The number of H-pyrrole nitrogens is 1. The van der Waals surface area contributed by atoms with E-state index in [9.17, 15) is 4.79 Å². The molecule has 3 rings (SSSR count). The Morgan fingerprint density at radius 1 is 1.55 bits per heavy atom. The molecule has 0 unspecified atom stereocenters. The summed E-state index contributed by atoms with van der Waals surface area (Å²) in [7, 11) is 0. The van der Waals surface area contributed by atoms with E-state index in [1.807, 2.05) is 0 Å². The van der Waals surface area contributed by atoms with Gasteiger partial charge in [0.2, 0.25) is 0 Å². The lowest BCUT2D eigenvalue weighted by Gasteiger charge is -2.25. The van der Waals surface area contributed by atoms with Gasteiger partial charge in [-0.1, -0.05) is 18.0 Å². The summed E-state index contributed by atoms with van der Waals surface area (Å²) in [4.78, 5) is 18.3. The van der Waals surface area contributed by atoms with Crippen LogP contribution in [0.2, 0.25) is 5.02 Å². The van der Waals surface area contributed by atoms with Gasteiger partial charge in [0, 0.05) is 12.7 Å². The van der Waals surface area contributed by atoms with Crippen LogP contribution in [0.15, 0.2) is 12.3 Å². The first-order valence-corrected chi connectivity index (χ1v) is 7.13. The highest BCUT2D eigenvalue weighted by molar-refractivity contribution is 6.35. The minimum Gasteiger partial charge on any atom is -0.477 e. The van der Waals surface area contributed by atoms with E-state index in [4.69, 9.17) is 16.7 Å². The molecule has 0 bridgehead atoms. The second kappa shape index (κ2) is 5.42. The van der Waals surface area contributed by atoms with Gasteiger partial charge in [-0.3, -0.25) is 0 Å². The van der Waals surface area contributed by atoms with Crippen molar-refractivity contribution in [3.63, 3.8) is 0 Å². The molecule has 2 aromatic heterocycles. The SMILES string of the molecule is O=C(O)c1cc(CNCC2CCC2)c2[nH]cc(Cl)c2n1. The Morgan fingerprint density at radius 3 is 3.00 bits per heavy atom. The molecular weight excluding hydrogens is 278 g/mol. The third-order valence-corrected chi connectivity index (χ3v) is 4.15. The molecule has 106 valence electrons. The van der Waals surface area contributed by atoms with Crippen LogP contribution >= 0.6 is 11.6 Å². The van der Waals surface area contributed by atoms with Crippen molar-refractivity contribution < 1.29 is 9.90 Å². The first-order chi connectivity index (χ1) is 9.65. The number of rotatable bonds is 5. The number of nitrogens with one attached hydrogen (secondary N) is 2. The largest absolute Gasteiger partial charge is 0.477 e. The van der Waals surface area contributed by atoms with Gasteiger partial charge in [-0.15, -0.1) is 0 Å². The molecule has 0 amide bonds. The molecule has 1 aliphatic rings. The molecule has 0 aliphatic heterocycles. The number of carboxylic acid groups (broad SMARTS) is 1. The van der Waals surface area contributed by atoms with E-state index in [2.05, 4.69) is 15.3 Å². The second-order valence-corrected chi connectivity index (χ2v) is 5.67. The van der Waals surface area contributed by atoms with Crippen LogP contribution in [0.1, 0.15) is 35.3 Å². The summed E-state index contributed by atoms with van der Waals surface area (Å²) in [5.74, 6) is -0.275. The standard InChI is InChI=1S/C14H16ClN3O2/c15-10-7-17-12-9(6-16-5-8-2-1-3-8)4-11(14(19)20)18-13(10)12/h4,7-8,16-17H,1-3,5-6H2,(H,19,20). The summed E-state index contributed by atoms with van der Waals surface area (Å²) < 4.78 is 0. The number of hydrogen-bond donors (Lipinski definition) is 3. The summed E-state index contributed by atoms with van der Waals surface area (Å²) in [5.41, 5.74) is 2.24. The van der Waals surface area contributed by atoms with Crippen molar-refractivity contribution >= 4 is 28.6 Å². The van der Waals surface area contributed by atoms with Gasteiger partial charge >= 0.3 is 5.97 Å². The van der Waals surface area contributed by atoms with Crippen LogP contribution in [-0.2, 0) is 6.54 Å². The maximum atomic E-state index is 11.1. The van der Waals surface area contributed by atoms with Crippen LogP contribution < -0.4 is 5.32 Å². The van der Waals surface area contributed by atoms with Gasteiger partial charge in [-0.2, -0.15) is 0 Å². The average Bonchev–Trinajstić information content (AvgIpc) is 2.74. The summed E-state index contributed by atoms with van der Waals surface area (Å²) in [5, 5.41) is 13.0. The van der Waals surface area contributed by atoms with Crippen LogP contribution in [0, 0.1) is 5.92 Å². The lowest BCUT2D eigenvalue weighted by atomic mass is 9.85. The van der Waals surface area contributed by atoms with Crippen LogP contribution in [0.4, 0.5) is 0 Å². The normalized spacial score (nSPS) is 15.4. The van der Waals surface area contributed by atoms with Crippen LogP contribution in [-0.4, -0.2) is 27.6 Å². The van der Waals surface area contributed by atoms with E-state index in [-0.39, 0.29) is 5.69 Å². The zero-order chi connectivity index (χ0) is 14.1. The van der Waals surface area contributed by atoms with Gasteiger partial charge in [0.25, 0.3) is 0 Å². The second-order valence-electron chi connectivity index (χ2n) is 5.26. The molecule has 1 saturated carbocycles. The first-order valence-electron chi connectivity index (χ1n) is 6.75. The van der Waals surface area contributed by atoms with Crippen molar-refractivity contribution in [3.8, 4) is 0 Å². The molecule has 0 atom stereocenters. The zero-order valence-corrected chi connectivity index (χ0v) is 11.7. The molecule has 0 aromatic carbocycles. The van der Waals surface area contributed by atoms with Crippen LogP contribution in [0.3, 0.4) is 0 Å². The highest BCUT2D eigenvalue weighted by Gasteiger charge is 2.18. The van der Waals surface area contributed by atoms with Crippen LogP contribution in [0.25, 0.3) is 11.0 Å². The third-order valence-electron chi connectivity index (χ3n) is 3.86. The number of carbonyl (C=O) groups is 1. The number of carboxylic acids is 1.